The molecule has 8 rings (SSSR count). The zero-order valence-corrected chi connectivity index (χ0v) is 34.4. The topological polar surface area (TPSA) is 0 Å². The van der Waals surface area contributed by atoms with E-state index in [1.807, 2.05) is 0 Å². The molecule has 0 aromatic heterocycles. The fourth-order valence-electron chi connectivity index (χ4n) is 8.81. The number of rotatable bonds is 8. The summed E-state index contributed by atoms with van der Waals surface area (Å²) in [5.74, 6) is 0. The average Bonchev–Trinajstić information content (AvgIpc) is 3.66. The number of fused-ring (bicyclic) bond motifs is 4. The Labute approximate surface area is 318 Å². The molecule has 0 amide bonds. The van der Waals surface area contributed by atoms with Gasteiger partial charge in [-0.25, -0.2) is 0 Å². The largest absolute Gasteiger partial charge is 1.00 e. The standard InChI is InChI=1S/2C22H19.C2H6Si.2ClH.Zr/c2*1-2-7-16-14-18-10-6-13-21(22(18)15-16)20-12-5-9-17-8-3-4-11-19(17)20;1-3-2;;;/h2*3-6,8-15H,2,7H2,1H3;1-2H3;2*1H;/q;;;;;+2/p-2. The van der Waals surface area contributed by atoms with Crippen LogP contribution >= 0.6 is 0 Å². The molecule has 0 aliphatic heterocycles. The van der Waals surface area contributed by atoms with Gasteiger partial charge in [0.15, 0.2) is 0 Å². The summed E-state index contributed by atoms with van der Waals surface area (Å²) in [6.45, 7) is 10.1. The van der Waals surface area contributed by atoms with Gasteiger partial charge in [-0.05, 0) is 0 Å². The molecule has 2 aliphatic carbocycles. The number of allylic oxidation sites excluding steroid dienone is 2. The molecule has 50 heavy (non-hydrogen) atoms. The van der Waals surface area contributed by atoms with Gasteiger partial charge in [-0.15, -0.1) is 0 Å². The maximum Gasteiger partial charge on any atom is -1.00 e. The number of benzene rings is 6. The van der Waals surface area contributed by atoms with Crippen LogP contribution in [0.3, 0.4) is 0 Å². The van der Waals surface area contributed by atoms with E-state index < -0.39 is 25.8 Å². The van der Waals surface area contributed by atoms with Crippen molar-refractivity contribution in [2.75, 3.05) is 0 Å². The SMILES string of the molecule is CCCC1=Cc2c(-c3cccc4ccccc34)cccc2[CH]1[Zr+2]([CH]1C(CCC)=Cc2c(-c3cccc4ccccc34)cccc21)=[Si](C)C.[Cl-].[Cl-]. The minimum atomic E-state index is -2.26. The van der Waals surface area contributed by atoms with Crippen molar-refractivity contribution in [1.29, 1.82) is 0 Å². The van der Waals surface area contributed by atoms with Gasteiger partial charge in [-0.3, -0.25) is 0 Å². The van der Waals surface area contributed by atoms with Crippen molar-refractivity contribution in [3.63, 3.8) is 0 Å². The van der Waals surface area contributed by atoms with Crippen molar-refractivity contribution < 1.29 is 45.2 Å². The molecule has 0 heterocycles. The molecule has 0 bridgehead atoms. The molecule has 2 atom stereocenters. The number of hydrogen-bond acceptors (Lipinski definition) is 0. The second-order valence-electron chi connectivity index (χ2n) is 13.9. The van der Waals surface area contributed by atoms with Gasteiger partial charge in [0, 0.05) is 0 Å². The van der Waals surface area contributed by atoms with Crippen molar-refractivity contribution in [3.05, 3.63) is 155 Å². The van der Waals surface area contributed by atoms with Crippen LogP contribution in [0.15, 0.2) is 132 Å². The van der Waals surface area contributed by atoms with Crippen LogP contribution in [0, 0.1) is 0 Å². The van der Waals surface area contributed by atoms with Crippen LogP contribution in [0.25, 0.3) is 56.0 Å². The first kappa shape index (κ1) is 36.8. The molecule has 4 heteroatoms. The molecule has 0 spiro atoms. The summed E-state index contributed by atoms with van der Waals surface area (Å²) < 4.78 is 1.28. The third-order valence-corrected chi connectivity index (χ3v) is 30.2. The minimum Gasteiger partial charge on any atom is -1.00 e. The van der Waals surface area contributed by atoms with Gasteiger partial charge in [0.1, 0.15) is 0 Å². The summed E-state index contributed by atoms with van der Waals surface area (Å²) in [4.78, 5) is 0. The smallest absolute Gasteiger partial charge is 1.00 e. The summed E-state index contributed by atoms with van der Waals surface area (Å²) in [5.41, 5.74) is 14.8. The van der Waals surface area contributed by atoms with Crippen LogP contribution in [-0.2, 0) is 20.4 Å². The predicted molar refractivity (Wildman–Crippen MR) is 208 cm³/mol. The van der Waals surface area contributed by atoms with Crippen molar-refractivity contribution in [1.82, 2.24) is 0 Å². The van der Waals surface area contributed by atoms with Crippen LogP contribution in [0.4, 0.5) is 0 Å². The van der Waals surface area contributed by atoms with Crippen LogP contribution in [0.2, 0.25) is 13.1 Å². The van der Waals surface area contributed by atoms with Gasteiger partial charge in [0.25, 0.3) is 0 Å². The Morgan fingerprint density at radius 1 is 0.480 bits per heavy atom. The van der Waals surface area contributed by atoms with E-state index >= 15 is 0 Å². The van der Waals surface area contributed by atoms with Gasteiger partial charge in [-0.2, -0.15) is 0 Å². The summed E-state index contributed by atoms with van der Waals surface area (Å²) in [6, 6.07) is 46.0. The van der Waals surface area contributed by atoms with E-state index in [9.17, 15) is 0 Å². The Morgan fingerprint density at radius 2 is 0.860 bits per heavy atom. The van der Waals surface area contributed by atoms with Gasteiger partial charge < -0.3 is 24.8 Å². The molecule has 0 saturated carbocycles. The Hall–Kier alpha value is -3.00. The van der Waals surface area contributed by atoms with Crippen molar-refractivity contribution in [3.8, 4) is 22.3 Å². The van der Waals surface area contributed by atoms with E-state index in [0.29, 0.717) is 7.25 Å². The monoisotopic (exact) mass is 784 g/mol. The summed E-state index contributed by atoms with van der Waals surface area (Å²) in [5, 5.41) is 5.36. The Bertz CT molecular complexity index is 2140. The van der Waals surface area contributed by atoms with Crippen molar-refractivity contribution in [2.24, 2.45) is 0 Å². The Kier molecular flexibility index (Phi) is 11.6. The molecule has 6 aromatic rings. The van der Waals surface area contributed by atoms with Gasteiger partial charge in [0.05, 0.1) is 0 Å². The Balaban J connectivity index is 0.00000216. The zero-order valence-electron chi connectivity index (χ0n) is 29.4. The Morgan fingerprint density at radius 3 is 1.28 bits per heavy atom. The first-order valence-electron chi connectivity index (χ1n) is 17.9. The quantitative estimate of drug-likeness (QED) is 0.142. The van der Waals surface area contributed by atoms with E-state index in [4.69, 9.17) is 0 Å². The third kappa shape index (κ3) is 6.36. The number of halogens is 2. The van der Waals surface area contributed by atoms with E-state index in [2.05, 4.69) is 160 Å². The van der Waals surface area contributed by atoms with Crippen LogP contribution in [-0.4, -0.2) is 5.43 Å². The van der Waals surface area contributed by atoms with E-state index in [-0.39, 0.29) is 24.8 Å². The molecule has 250 valence electrons. The molecule has 2 unspecified atom stereocenters. The fourth-order valence-corrected chi connectivity index (χ4v) is 29.3. The van der Waals surface area contributed by atoms with Crippen LogP contribution in [0.5, 0.6) is 0 Å². The van der Waals surface area contributed by atoms with Gasteiger partial charge >= 0.3 is 296 Å². The minimum absolute atomic E-state index is 0. The molecular formula is C46H44Cl2SiZr. The maximum absolute atomic E-state index is 2.67. The molecule has 0 radical (unpaired) electrons. The van der Waals surface area contributed by atoms with E-state index in [1.165, 1.54) is 80.6 Å². The van der Waals surface area contributed by atoms with Crippen molar-refractivity contribution >= 4 is 39.1 Å². The predicted octanol–water partition coefficient (Wildman–Crippen LogP) is 7.38. The molecule has 6 aromatic carbocycles. The van der Waals surface area contributed by atoms with Crippen molar-refractivity contribution in [2.45, 2.75) is 59.9 Å². The van der Waals surface area contributed by atoms with E-state index in [0.717, 1.165) is 0 Å². The normalized spacial score (nSPS) is 15.7. The third-order valence-electron chi connectivity index (χ3n) is 10.7. The molecule has 0 N–H and O–H groups in total. The summed E-state index contributed by atoms with van der Waals surface area (Å²) in [7, 11) is 0. The maximum atomic E-state index is 2.67. The average molecular weight is 787 g/mol. The van der Waals surface area contributed by atoms with E-state index in [1.54, 1.807) is 22.3 Å². The first-order chi connectivity index (χ1) is 23.6. The van der Waals surface area contributed by atoms with Gasteiger partial charge in [0.2, 0.25) is 0 Å². The van der Waals surface area contributed by atoms with Gasteiger partial charge in [-0.1, -0.05) is 0 Å². The van der Waals surface area contributed by atoms with Crippen LogP contribution < -0.4 is 24.8 Å². The van der Waals surface area contributed by atoms with Crippen LogP contribution in [0.1, 0.15) is 69.0 Å². The molecule has 0 fully saturated rings. The molecule has 2 aliphatic rings. The zero-order chi connectivity index (χ0) is 32.8. The number of hydrogen-bond donors (Lipinski definition) is 0. The fraction of sp³-hybridized carbons (Fsp3) is 0.217. The second-order valence-corrected chi connectivity index (χ2v) is 31.8. The summed E-state index contributed by atoms with van der Waals surface area (Å²) >= 11 is -2.26. The summed E-state index contributed by atoms with van der Waals surface area (Å²) in [6.07, 6.45) is 10.1. The molecule has 0 saturated heterocycles. The molecular weight excluding hydrogens is 743 g/mol. The molecule has 0 nitrogen and oxygen atoms in total. The first-order valence-corrected chi connectivity index (χ1v) is 26.9. The second kappa shape index (κ2) is 15.7.